The molecule has 0 saturated carbocycles. The molecule has 2 heterocycles. The van der Waals surface area contributed by atoms with Crippen LogP contribution in [0.5, 0.6) is 0 Å². The largest absolute Gasteiger partial charge is 0.302 e. The van der Waals surface area contributed by atoms with Gasteiger partial charge in [-0.15, -0.1) is 22.7 Å². The zero-order valence-corrected chi connectivity index (χ0v) is 18.4. The number of aromatic nitrogens is 2. The minimum Gasteiger partial charge on any atom is -0.302 e. The number of carbonyl (C=O) groups is 1. The van der Waals surface area contributed by atoms with Gasteiger partial charge in [0.05, 0.1) is 21.7 Å². The summed E-state index contributed by atoms with van der Waals surface area (Å²) in [7, 11) is -3.25. The molecule has 154 valence electrons. The fraction of sp³-hybridized carbons (Fsp3) is 0.190. The summed E-state index contributed by atoms with van der Waals surface area (Å²) in [6.07, 6.45) is 0.404. The van der Waals surface area contributed by atoms with Crippen molar-refractivity contribution < 1.29 is 13.2 Å². The second kappa shape index (κ2) is 9.03. The molecule has 0 unspecified atom stereocenters. The number of fused-ring (bicyclic) bond motifs is 1. The highest BCUT2D eigenvalue weighted by molar-refractivity contribution is 7.90. The number of benzene rings is 2. The number of para-hydroxylation sites is 1. The molecule has 0 bridgehead atoms. The van der Waals surface area contributed by atoms with Crippen LogP contribution in [0.25, 0.3) is 20.9 Å². The zero-order valence-electron chi connectivity index (χ0n) is 15.9. The van der Waals surface area contributed by atoms with Gasteiger partial charge in [0.2, 0.25) is 5.91 Å². The Morgan fingerprint density at radius 2 is 1.77 bits per heavy atom. The average Bonchev–Trinajstić information content (AvgIpc) is 3.34. The number of rotatable bonds is 8. The molecule has 0 aliphatic heterocycles. The first-order chi connectivity index (χ1) is 14.5. The van der Waals surface area contributed by atoms with Crippen molar-refractivity contribution in [3.8, 4) is 10.7 Å². The number of nitrogens with zero attached hydrogens (tertiary/aromatic N) is 2. The molecule has 1 amide bonds. The predicted molar refractivity (Wildman–Crippen MR) is 123 cm³/mol. The molecule has 0 fully saturated rings. The van der Waals surface area contributed by atoms with Gasteiger partial charge in [0.25, 0.3) is 0 Å². The van der Waals surface area contributed by atoms with Crippen LogP contribution in [0.2, 0.25) is 0 Å². The summed E-state index contributed by atoms with van der Waals surface area (Å²) in [5.41, 5.74) is 2.40. The standard InChI is InChI=1S/C21H19N3O3S3/c25-19(11-6-12-30(26,27)14-15-7-2-1-3-8-15)24-21-23-17(13-28-21)20-22-16-9-4-5-10-18(16)29-20/h1-5,7-10,13H,6,11-12,14H2,(H,23,24,25). The SMILES string of the molecule is O=C(CCCS(=O)(=O)Cc1ccccc1)Nc1nc(-c2nc3ccccc3s2)cs1. The lowest BCUT2D eigenvalue weighted by atomic mass is 10.2. The summed E-state index contributed by atoms with van der Waals surface area (Å²) in [5.74, 6) is -0.271. The second-order valence-corrected chi connectivity index (χ2v) is 10.8. The van der Waals surface area contributed by atoms with Gasteiger partial charge in [-0.1, -0.05) is 42.5 Å². The van der Waals surface area contributed by atoms with E-state index in [1.807, 2.05) is 47.8 Å². The van der Waals surface area contributed by atoms with Gasteiger partial charge in [-0.2, -0.15) is 0 Å². The molecule has 0 saturated heterocycles. The zero-order chi connectivity index (χ0) is 21.0. The van der Waals surface area contributed by atoms with E-state index in [0.29, 0.717) is 5.13 Å². The topological polar surface area (TPSA) is 89.0 Å². The number of hydrogen-bond acceptors (Lipinski definition) is 7. The van der Waals surface area contributed by atoms with Gasteiger partial charge in [-0.05, 0) is 24.1 Å². The number of carbonyl (C=O) groups excluding carboxylic acids is 1. The third-order valence-electron chi connectivity index (χ3n) is 4.35. The van der Waals surface area contributed by atoms with Gasteiger partial charge in [0.15, 0.2) is 15.0 Å². The van der Waals surface area contributed by atoms with Crippen molar-refractivity contribution in [1.29, 1.82) is 0 Å². The molecule has 2 aromatic heterocycles. The minimum atomic E-state index is -3.25. The van der Waals surface area contributed by atoms with Crippen LogP contribution in [0.3, 0.4) is 0 Å². The summed E-state index contributed by atoms with van der Waals surface area (Å²) in [6, 6.07) is 16.9. The Morgan fingerprint density at radius 1 is 1.00 bits per heavy atom. The van der Waals surface area contributed by atoms with Crippen molar-refractivity contribution in [2.75, 3.05) is 11.1 Å². The number of sulfone groups is 1. The first-order valence-electron chi connectivity index (χ1n) is 9.34. The number of hydrogen-bond donors (Lipinski definition) is 1. The van der Waals surface area contributed by atoms with E-state index in [1.54, 1.807) is 23.5 Å². The second-order valence-electron chi connectivity index (χ2n) is 6.75. The molecule has 4 aromatic rings. The molecule has 9 heteroatoms. The Morgan fingerprint density at radius 3 is 2.57 bits per heavy atom. The van der Waals surface area contributed by atoms with Crippen LogP contribution in [-0.4, -0.2) is 30.0 Å². The smallest absolute Gasteiger partial charge is 0.226 e. The van der Waals surface area contributed by atoms with E-state index >= 15 is 0 Å². The summed E-state index contributed by atoms with van der Waals surface area (Å²) in [6.45, 7) is 0. The van der Waals surface area contributed by atoms with Crippen LogP contribution in [0.15, 0.2) is 60.0 Å². The van der Waals surface area contributed by atoms with Gasteiger partial charge < -0.3 is 5.32 Å². The normalized spacial score (nSPS) is 11.6. The quantitative estimate of drug-likeness (QED) is 0.412. The van der Waals surface area contributed by atoms with Crippen molar-refractivity contribution in [3.05, 3.63) is 65.5 Å². The molecule has 6 nitrogen and oxygen atoms in total. The van der Waals surface area contributed by atoms with E-state index in [-0.39, 0.29) is 30.3 Å². The van der Waals surface area contributed by atoms with Crippen LogP contribution < -0.4 is 5.32 Å². The Hall–Kier alpha value is -2.62. The molecule has 0 aliphatic rings. The Bertz CT molecular complexity index is 1230. The number of amides is 1. The molecular weight excluding hydrogens is 438 g/mol. The molecule has 30 heavy (non-hydrogen) atoms. The maximum atomic E-state index is 12.2. The van der Waals surface area contributed by atoms with E-state index < -0.39 is 9.84 Å². The Labute approximate surface area is 182 Å². The van der Waals surface area contributed by atoms with Gasteiger partial charge >= 0.3 is 0 Å². The summed E-state index contributed by atoms with van der Waals surface area (Å²) >= 11 is 2.88. The van der Waals surface area contributed by atoms with E-state index in [0.717, 1.165) is 26.5 Å². The molecular formula is C21H19N3O3S3. The molecule has 4 rings (SSSR count). The fourth-order valence-electron chi connectivity index (χ4n) is 2.95. The lowest BCUT2D eigenvalue weighted by molar-refractivity contribution is -0.116. The highest BCUT2D eigenvalue weighted by Crippen LogP contribution is 2.31. The number of anilines is 1. The average molecular weight is 458 g/mol. The van der Waals surface area contributed by atoms with Crippen molar-refractivity contribution in [1.82, 2.24) is 9.97 Å². The monoisotopic (exact) mass is 457 g/mol. The fourth-order valence-corrected chi connectivity index (χ4v) is 6.09. The molecule has 1 N–H and O–H groups in total. The minimum absolute atomic E-state index is 0.00648. The highest BCUT2D eigenvalue weighted by atomic mass is 32.2. The third-order valence-corrected chi connectivity index (χ3v) is 7.85. The van der Waals surface area contributed by atoms with Crippen molar-refractivity contribution >= 4 is 53.8 Å². The van der Waals surface area contributed by atoms with Crippen molar-refractivity contribution in [2.45, 2.75) is 18.6 Å². The lowest BCUT2D eigenvalue weighted by Crippen LogP contribution is -2.15. The molecule has 0 spiro atoms. The first-order valence-corrected chi connectivity index (χ1v) is 12.9. The molecule has 0 aliphatic carbocycles. The molecule has 0 radical (unpaired) electrons. The van der Waals surface area contributed by atoms with Crippen LogP contribution in [0, 0.1) is 0 Å². The number of nitrogens with one attached hydrogen (secondary N) is 1. The Kier molecular flexibility index (Phi) is 6.21. The van der Waals surface area contributed by atoms with Crippen LogP contribution in [-0.2, 0) is 20.4 Å². The van der Waals surface area contributed by atoms with E-state index in [1.165, 1.54) is 11.3 Å². The summed E-state index contributed by atoms with van der Waals surface area (Å²) < 4.78 is 25.5. The Balaban J connectivity index is 1.29. The van der Waals surface area contributed by atoms with Gasteiger partial charge in [-0.25, -0.2) is 18.4 Å². The third kappa shape index (κ3) is 5.29. The van der Waals surface area contributed by atoms with Crippen LogP contribution >= 0.6 is 22.7 Å². The van der Waals surface area contributed by atoms with E-state index in [4.69, 9.17) is 0 Å². The van der Waals surface area contributed by atoms with Crippen molar-refractivity contribution in [2.24, 2.45) is 0 Å². The van der Waals surface area contributed by atoms with Crippen LogP contribution in [0.4, 0.5) is 5.13 Å². The van der Waals surface area contributed by atoms with Gasteiger partial charge in [-0.3, -0.25) is 4.79 Å². The van der Waals surface area contributed by atoms with Crippen molar-refractivity contribution in [3.63, 3.8) is 0 Å². The maximum Gasteiger partial charge on any atom is 0.226 e. The lowest BCUT2D eigenvalue weighted by Gasteiger charge is -2.05. The summed E-state index contributed by atoms with van der Waals surface area (Å²) in [4.78, 5) is 21.2. The van der Waals surface area contributed by atoms with E-state index in [2.05, 4.69) is 15.3 Å². The summed E-state index contributed by atoms with van der Waals surface area (Å²) in [5, 5.41) is 5.90. The maximum absolute atomic E-state index is 12.2. The predicted octanol–water partition coefficient (Wildman–Crippen LogP) is 4.75. The van der Waals surface area contributed by atoms with E-state index in [9.17, 15) is 13.2 Å². The van der Waals surface area contributed by atoms with Gasteiger partial charge in [0, 0.05) is 11.8 Å². The molecule has 2 aromatic carbocycles. The number of thiazole rings is 2. The highest BCUT2D eigenvalue weighted by Gasteiger charge is 2.15. The van der Waals surface area contributed by atoms with Crippen LogP contribution in [0.1, 0.15) is 18.4 Å². The molecule has 0 atom stereocenters. The van der Waals surface area contributed by atoms with Gasteiger partial charge in [0.1, 0.15) is 10.7 Å². The first kappa shape index (κ1) is 20.6.